The summed E-state index contributed by atoms with van der Waals surface area (Å²) in [5, 5.41) is 3.95. The summed E-state index contributed by atoms with van der Waals surface area (Å²) in [7, 11) is 0. The highest BCUT2D eigenvalue weighted by Gasteiger charge is 2.06. The number of anilines is 3. The summed E-state index contributed by atoms with van der Waals surface area (Å²) in [6.07, 6.45) is 0. The number of hydrogen-bond acceptors (Lipinski definition) is 4. The van der Waals surface area contributed by atoms with Crippen LogP contribution in [0.2, 0.25) is 0 Å². The number of nitrogens with two attached hydrogens (primary N) is 1. The molecule has 1 heterocycles. The van der Waals surface area contributed by atoms with Crippen molar-refractivity contribution in [2.45, 2.75) is 0 Å². The molecule has 1 aromatic heterocycles. The van der Waals surface area contributed by atoms with Crippen LogP contribution in [0.3, 0.4) is 0 Å². The van der Waals surface area contributed by atoms with Crippen LogP contribution in [-0.2, 0) is 0 Å². The minimum atomic E-state index is -0.416. The van der Waals surface area contributed by atoms with E-state index < -0.39 is 5.69 Å². The number of nitrogens with one attached hydrogen (secondary N) is 2. The van der Waals surface area contributed by atoms with Crippen molar-refractivity contribution in [3.63, 3.8) is 0 Å². The zero-order valence-electron chi connectivity index (χ0n) is 10.4. The van der Waals surface area contributed by atoms with Crippen molar-refractivity contribution in [2.24, 2.45) is 0 Å². The zero-order valence-corrected chi connectivity index (χ0v) is 11.9. The summed E-state index contributed by atoms with van der Waals surface area (Å²) in [6, 6.07) is 12.9. The number of rotatable bonds is 2. The minimum absolute atomic E-state index is 0.416. The molecule has 20 heavy (non-hydrogen) atoms. The molecule has 0 amide bonds. The number of benzene rings is 2. The smallest absolute Gasteiger partial charge is 0.347 e. The van der Waals surface area contributed by atoms with Crippen molar-refractivity contribution in [2.75, 3.05) is 11.1 Å². The van der Waals surface area contributed by atoms with Gasteiger partial charge in [-0.25, -0.2) is 4.79 Å². The number of hydrogen-bond donors (Lipinski definition) is 3. The molecule has 0 aliphatic heterocycles. The van der Waals surface area contributed by atoms with E-state index in [1.54, 1.807) is 12.1 Å². The Bertz CT molecular complexity index is 844. The molecule has 0 aliphatic rings. The maximum atomic E-state index is 11.6. The largest absolute Gasteiger partial charge is 0.399 e. The Balaban J connectivity index is 2.13. The Morgan fingerprint density at radius 3 is 2.85 bits per heavy atom. The van der Waals surface area contributed by atoms with Crippen molar-refractivity contribution in [1.29, 1.82) is 0 Å². The Morgan fingerprint density at radius 2 is 2.05 bits per heavy atom. The van der Waals surface area contributed by atoms with Gasteiger partial charge in [0, 0.05) is 21.2 Å². The predicted molar refractivity (Wildman–Crippen MR) is 84.2 cm³/mol. The Labute approximate surface area is 123 Å². The summed E-state index contributed by atoms with van der Waals surface area (Å²) in [5.74, 6) is 0.502. The molecule has 0 fully saturated rings. The fraction of sp³-hybridized carbons (Fsp3) is 0. The third-order valence-corrected chi connectivity index (χ3v) is 3.33. The van der Waals surface area contributed by atoms with Crippen LogP contribution in [0, 0.1) is 0 Å². The summed E-state index contributed by atoms with van der Waals surface area (Å²) in [4.78, 5) is 18.3. The van der Waals surface area contributed by atoms with Crippen LogP contribution in [0.15, 0.2) is 51.7 Å². The van der Waals surface area contributed by atoms with Gasteiger partial charge >= 0.3 is 5.69 Å². The number of H-pyrrole nitrogens is 1. The number of nitrogen functional groups attached to an aromatic ring is 1. The normalized spacial score (nSPS) is 10.7. The Hall–Kier alpha value is -2.34. The standard InChI is InChI=1S/C14H11BrN4O/c15-8-2-1-3-10(6-8)17-13-11-5-4-9(16)7-12(11)18-14(20)19-13/h1-7H,16H2,(H2,17,18,19,20). The lowest BCUT2D eigenvalue weighted by Crippen LogP contribution is -2.12. The van der Waals surface area contributed by atoms with Crippen LogP contribution in [-0.4, -0.2) is 9.97 Å². The molecular formula is C14H11BrN4O. The molecule has 4 N–H and O–H groups in total. The third kappa shape index (κ3) is 2.50. The minimum Gasteiger partial charge on any atom is -0.399 e. The van der Waals surface area contributed by atoms with E-state index in [-0.39, 0.29) is 0 Å². The molecule has 0 radical (unpaired) electrons. The number of aromatic nitrogens is 2. The Morgan fingerprint density at radius 1 is 1.20 bits per heavy atom. The number of halogens is 1. The van der Waals surface area contributed by atoms with Crippen LogP contribution in [0.4, 0.5) is 17.2 Å². The van der Waals surface area contributed by atoms with Gasteiger partial charge in [-0.1, -0.05) is 22.0 Å². The molecule has 6 heteroatoms. The highest BCUT2D eigenvalue weighted by atomic mass is 79.9. The molecule has 0 aliphatic carbocycles. The molecule has 100 valence electrons. The molecular weight excluding hydrogens is 320 g/mol. The average molecular weight is 331 g/mol. The first kappa shape index (κ1) is 12.7. The van der Waals surface area contributed by atoms with Gasteiger partial charge in [0.15, 0.2) is 0 Å². The number of nitrogens with zero attached hydrogens (tertiary/aromatic N) is 1. The first-order valence-electron chi connectivity index (χ1n) is 5.94. The van der Waals surface area contributed by atoms with Crippen LogP contribution in [0.25, 0.3) is 10.9 Å². The van der Waals surface area contributed by atoms with Gasteiger partial charge in [-0.3, -0.25) is 0 Å². The fourth-order valence-corrected chi connectivity index (χ4v) is 2.37. The van der Waals surface area contributed by atoms with Gasteiger partial charge in [0.2, 0.25) is 0 Å². The van der Waals surface area contributed by atoms with Crippen LogP contribution >= 0.6 is 15.9 Å². The van der Waals surface area contributed by atoms with Gasteiger partial charge in [0.1, 0.15) is 5.82 Å². The van der Waals surface area contributed by atoms with E-state index in [0.29, 0.717) is 17.0 Å². The zero-order chi connectivity index (χ0) is 14.1. The van der Waals surface area contributed by atoms with Gasteiger partial charge in [0.05, 0.1) is 5.52 Å². The quantitative estimate of drug-likeness (QED) is 0.630. The van der Waals surface area contributed by atoms with E-state index in [1.807, 2.05) is 30.3 Å². The predicted octanol–water partition coefficient (Wildman–Crippen LogP) is 3.01. The van der Waals surface area contributed by atoms with Gasteiger partial charge in [-0.05, 0) is 36.4 Å². The molecule has 2 aromatic carbocycles. The fourth-order valence-electron chi connectivity index (χ4n) is 1.97. The molecule has 0 saturated heterocycles. The van der Waals surface area contributed by atoms with E-state index in [9.17, 15) is 4.79 Å². The van der Waals surface area contributed by atoms with Crippen LogP contribution in [0.1, 0.15) is 0 Å². The lowest BCUT2D eigenvalue weighted by molar-refractivity contribution is 1.12. The van der Waals surface area contributed by atoms with E-state index in [1.165, 1.54) is 0 Å². The summed E-state index contributed by atoms with van der Waals surface area (Å²) in [6.45, 7) is 0. The van der Waals surface area contributed by atoms with E-state index in [0.717, 1.165) is 15.5 Å². The maximum Gasteiger partial charge on any atom is 0.347 e. The van der Waals surface area contributed by atoms with Crippen LogP contribution < -0.4 is 16.7 Å². The van der Waals surface area contributed by atoms with Crippen molar-refractivity contribution in [3.05, 3.63) is 57.4 Å². The summed E-state index contributed by atoms with van der Waals surface area (Å²) >= 11 is 3.40. The molecule has 0 bridgehead atoms. The van der Waals surface area contributed by atoms with Gasteiger partial charge < -0.3 is 16.0 Å². The highest BCUT2D eigenvalue weighted by molar-refractivity contribution is 9.10. The molecule has 0 unspecified atom stereocenters. The van der Waals surface area contributed by atoms with Crippen molar-refractivity contribution < 1.29 is 0 Å². The second-order valence-electron chi connectivity index (χ2n) is 4.33. The van der Waals surface area contributed by atoms with E-state index >= 15 is 0 Å². The molecule has 0 atom stereocenters. The van der Waals surface area contributed by atoms with E-state index in [2.05, 4.69) is 31.2 Å². The lowest BCUT2D eigenvalue weighted by atomic mass is 10.2. The Kier molecular flexibility index (Phi) is 3.15. The summed E-state index contributed by atoms with van der Waals surface area (Å²) < 4.78 is 0.945. The summed E-state index contributed by atoms with van der Waals surface area (Å²) in [5.41, 5.74) is 7.40. The second kappa shape index (κ2) is 4.97. The SMILES string of the molecule is Nc1ccc2c(Nc3cccc(Br)c3)nc(=O)[nH]c2c1. The first-order valence-corrected chi connectivity index (χ1v) is 6.73. The van der Waals surface area contributed by atoms with Gasteiger partial charge in [-0.15, -0.1) is 0 Å². The van der Waals surface area contributed by atoms with Crippen LogP contribution in [0.5, 0.6) is 0 Å². The molecule has 0 spiro atoms. The monoisotopic (exact) mass is 330 g/mol. The van der Waals surface area contributed by atoms with Gasteiger partial charge in [-0.2, -0.15) is 4.98 Å². The van der Waals surface area contributed by atoms with Crippen molar-refractivity contribution in [3.8, 4) is 0 Å². The molecule has 3 rings (SSSR count). The number of aromatic amines is 1. The molecule has 0 saturated carbocycles. The lowest BCUT2D eigenvalue weighted by Gasteiger charge is -2.09. The maximum absolute atomic E-state index is 11.6. The van der Waals surface area contributed by atoms with E-state index in [4.69, 9.17) is 5.73 Å². The molecule has 5 nitrogen and oxygen atoms in total. The number of fused-ring (bicyclic) bond motifs is 1. The van der Waals surface area contributed by atoms with Gasteiger partial charge in [0.25, 0.3) is 0 Å². The average Bonchev–Trinajstić information content (AvgIpc) is 2.37. The first-order chi connectivity index (χ1) is 9.61. The van der Waals surface area contributed by atoms with Crippen molar-refractivity contribution in [1.82, 2.24) is 9.97 Å². The third-order valence-electron chi connectivity index (χ3n) is 2.84. The second-order valence-corrected chi connectivity index (χ2v) is 5.25. The molecule has 3 aromatic rings. The van der Waals surface area contributed by atoms with Crippen molar-refractivity contribution >= 4 is 44.0 Å². The highest BCUT2D eigenvalue weighted by Crippen LogP contribution is 2.24. The topological polar surface area (TPSA) is 83.8 Å².